The Morgan fingerprint density at radius 3 is 2.26 bits per heavy atom. The number of H-pyrrole nitrogens is 1. The van der Waals surface area contributed by atoms with Gasteiger partial charge in [-0.2, -0.15) is 0 Å². The lowest BCUT2D eigenvalue weighted by Crippen LogP contribution is -2.24. The van der Waals surface area contributed by atoms with Crippen LogP contribution in [0.2, 0.25) is 0 Å². The maximum Gasteiger partial charge on any atom is 0.204 e. The number of unbranched alkanes of at least 4 members (excludes halogenated alkanes) is 1. The SMILES string of the molecule is CCCCN(CCC)C(=C1CC1)c1cc2c(OC)c(OC)c(OC)cc2[nH]1. The predicted octanol–water partition coefficient (Wildman–Crippen LogP) is 5.21. The molecule has 0 unspecified atom stereocenters. The second-order valence-corrected chi connectivity index (χ2v) is 7.08. The molecule has 0 saturated heterocycles. The molecule has 1 N–H and O–H groups in total. The molecule has 3 rings (SSSR count). The predicted molar refractivity (Wildman–Crippen MR) is 111 cm³/mol. The monoisotopic (exact) mass is 372 g/mol. The van der Waals surface area contributed by atoms with E-state index in [0.717, 1.165) is 36.1 Å². The summed E-state index contributed by atoms with van der Waals surface area (Å²) in [6.45, 7) is 6.68. The van der Waals surface area contributed by atoms with E-state index in [1.165, 1.54) is 31.4 Å². The van der Waals surface area contributed by atoms with Crippen molar-refractivity contribution in [2.45, 2.75) is 46.0 Å². The number of aromatic amines is 1. The number of benzene rings is 1. The van der Waals surface area contributed by atoms with Crippen molar-refractivity contribution in [2.75, 3.05) is 34.4 Å². The maximum atomic E-state index is 5.68. The molecule has 1 aromatic carbocycles. The van der Waals surface area contributed by atoms with Crippen LogP contribution < -0.4 is 14.2 Å². The van der Waals surface area contributed by atoms with E-state index in [9.17, 15) is 0 Å². The minimum absolute atomic E-state index is 0.634. The number of nitrogens with one attached hydrogen (secondary N) is 1. The number of hydrogen-bond donors (Lipinski definition) is 1. The summed E-state index contributed by atoms with van der Waals surface area (Å²) < 4.78 is 16.7. The number of ether oxygens (including phenoxy) is 3. The number of hydrogen-bond acceptors (Lipinski definition) is 4. The Morgan fingerprint density at radius 2 is 1.70 bits per heavy atom. The van der Waals surface area contributed by atoms with Crippen LogP contribution in [0, 0.1) is 0 Å². The quantitative estimate of drug-likeness (QED) is 0.622. The van der Waals surface area contributed by atoms with E-state index in [2.05, 4.69) is 29.8 Å². The van der Waals surface area contributed by atoms with Crippen LogP contribution in [-0.2, 0) is 0 Å². The summed E-state index contributed by atoms with van der Waals surface area (Å²) in [6.07, 6.45) is 5.95. The van der Waals surface area contributed by atoms with Crippen LogP contribution in [-0.4, -0.2) is 44.3 Å². The van der Waals surface area contributed by atoms with Gasteiger partial charge in [-0.1, -0.05) is 20.3 Å². The number of fused-ring (bicyclic) bond motifs is 1. The van der Waals surface area contributed by atoms with Crippen LogP contribution in [0.25, 0.3) is 16.6 Å². The molecule has 27 heavy (non-hydrogen) atoms. The van der Waals surface area contributed by atoms with Gasteiger partial charge in [-0.3, -0.25) is 0 Å². The van der Waals surface area contributed by atoms with Crippen molar-refractivity contribution >= 4 is 16.6 Å². The largest absolute Gasteiger partial charge is 0.493 e. The van der Waals surface area contributed by atoms with Crippen LogP contribution in [0.15, 0.2) is 17.7 Å². The van der Waals surface area contributed by atoms with Gasteiger partial charge in [0.25, 0.3) is 0 Å². The summed E-state index contributed by atoms with van der Waals surface area (Å²) in [7, 11) is 4.97. The Hall–Kier alpha value is -2.30. The van der Waals surface area contributed by atoms with Crippen molar-refractivity contribution in [3.8, 4) is 17.2 Å². The molecule has 0 bridgehead atoms. The Bertz CT molecular complexity index is 817. The zero-order chi connectivity index (χ0) is 19.4. The van der Waals surface area contributed by atoms with E-state index in [4.69, 9.17) is 14.2 Å². The highest BCUT2D eigenvalue weighted by atomic mass is 16.5. The molecule has 1 heterocycles. The number of methoxy groups -OCH3 is 3. The third-order valence-electron chi connectivity index (χ3n) is 5.11. The summed E-state index contributed by atoms with van der Waals surface area (Å²) in [5.74, 6) is 2.02. The molecule has 1 aromatic heterocycles. The van der Waals surface area contributed by atoms with Gasteiger partial charge in [0, 0.05) is 24.5 Å². The Kier molecular flexibility index (Phi) is 6.19. The lowest BCUT2D eigenvalue weighted by atomic mass is 10.1. The maximum absolute atomic E-state index is 5.68. The molecule has 1 saturated carbocycles. The molecule has 0 radical (unpaired) electrons. The molecule has 1 aliphatic rings. The zero-order valence-electron chi connectivity index (χ0n) is 17.3. The minimum atomic E-state index is 0.634. The molecule has 5 heteroatoms. The van der Waals surface area contributed by atoms with Gasteiger partial charge >= 0.3 is 0 Å². The molecule has 2 aromatic rings. The first-order valence-electron chi connectivity index (χ1n) is 9.97. The standard InChI is InChI=1S/C22H32N2O3/c1-6-8-12-24(11-7-2)20(15-9-10-15)18-13-16-17(23-18)14-19(25-3)22(27-5)21(16)26-4/h13-14,23H,6-12H2,1-5H3. The minimum Gasteiger partial charge on any atom is -0.493 e. The average Bonchev–Trinajstić information content (AvgIpc) is 3.42. The van der Waals surface area contributed by atoms with Gasteiger partial charge < -0.3 is 24.1 Å². The fourth-order valence-corrected chi connectivity index (χ4v) is 3.72. The third-order valence-corrected chi connectivity index (χ3v) is 5.11. The van der Waals surface area contributed by atoms with Crippen LogP contribution >= 0.6 is 0 Å². The van der Waals surface area contributed by atoms with Gasteiger partial charge in [0.15, 0.2) is 11.5 Å². The van der Waals surface area contributed by atoms with E-state index in [1.807, 2.05) is 6.07 Å². The fraction of sp³-hybridized carbons (Fsp3) is 0.545. The lowest BCUT2D eigenvalue weighted by molar-refractivity contribution is 0.327. The van der Waals surface area contributed by atoms with Gasteiger partial charge in [-0.05, 0) is 37.3 Å². The summed E-state index contributed by atoms with van der Waals surface area (Å²) in [6, 6.07) is 4.19. The molecule has 0 spiro atoms. The molecule has 0 atom stereocenters. The van der Waals surface area contributed by atoms with Crippen LogP contribution in [0.5, 0.6) is 17.2 Å². The van der Waals surface area contributed by atoms with E-state index >= 15 is 0 Å². The third kappa shape index (κ3) is 3.87. The Morgan fingerprint density at radius 1 is 0.963 bits per heavy atom. The first-order chi connectivity index (χ1) is 13.2. The number of nitrogens with zero attached hydrogens (tertiary/aromatic N) is 1. The van der Waals surface area contributed by atoms with Crippen LogP contribution in [0.1, 0.15) is 51.6 Å². The van der Waals surface area contributed by atoms with E-state index in [-0.39, 0.29) is 0 Å². The molecule has 0 amide bonds. The van der Waals surface area contributed by atoms with Gasteiger partial charge in [0.2, 0.25) is 5.75 Å². The summed E-state index contributed by atoms with van der Waals surface area (Å²) in [5, 5.41) is 1.02. The normalized spacial score (nSPS) is 13.0. The van der Waals surface area contributed by atoms with Crippen molar-refractivity contribution < 1.29 is 14.2 Å². The van der Waals surface area contributed by atoms with Gasteiger partial charge in [0.1, 0.15) is 0 Å². The van der Waals surface area contributed by atoms with Crippen molar-refractivity contribution in [3.63, 3.8) is 0 Å². The molecule has 1 aliphatic carbocycles. The Labute approximate surface area is 162 Å². The van der Waals surface area contributed by atoms with Gasteiger partial charge in [0.05, 0.1) is 38.2 Å². The summed E-state index contributed by atoms with van der Waals surface area (Å²) in [4.78, 5) is 6.17. The highest BCUT2D eigenvalue weighted by molar-refractivity contribution is 5.94. The van der Waals surface area contributed by atoms with Crippen molar-refractivity contribution in [3.05, 3.63) is 23.4 Å². The van der Waals surface area contributed by atoms with Crippen molar-refractivity contribution in [1.29, 1.82) is 0 Å². The number of allylic oxidation sites excluding steroid dienone is 1. The molecule has 0 aliphatic heterocycles. The zero-order valence-corrected chi connectivity index (χ0v) is 17.3. The summed E-state index contributed by atoms with van der Waals surface area (Å²) in [5.41, 5.74) is 5.09. The van der Waals surface area contributed by atoms with Crippen molar-refractivity contribution in [1.82, 2.24) is 9.88 Å². The molecular formula is C22H32N2O3. The Balaban J connectivity index is 2.10. The molecular weight excluding hydrogens is 340 g/mol. The van der Waals surface area contributed by atoms with E-state index in [0.29, 0.717) is 17.2 Å². The smallest absolute Gasteiger partial charge is 0.204 e. The first-order valence-corrected chi connectivity index (χ1v) is 9.97. The van der Waals surface area contributed by atoms with Gasteiger partial charge in [-0.25, -0.2) is 0 Å². The fourth-order valence-electron chi connectivity index (χ4n) is 3.72. The second kappa shape index (κ2) is 8.59. The highest BCUT2D eigenvalue weighted by Crippen LogP contribution is 2.45. The van der Waals surface area contributed by atoms with E-state index in [1.54, 1.807) is 26.9 Å². The molecule has 148 valence electrons. The first kappa shape index (κ1) is 19.5. The van der Waals surface area contributed by atoms with Crippen molar-refractivity contribution in [2.24, 2.45) is 0 Å². The number of rotatable bonds is 10. The molecule has 5 nitrogen and oxygen atoms in total. The van der Waals surface area contributed by atoms with E-state index < -0.39 is 0 Å². The van der Waals surface area contributed by atoms with Crippen LogP contribution in [0.4, 0.5) is 0 Å². The molecule has 1 fully saturated rings. The van der Waals surface area contributed by atoms with Gasteiger partial charge in [-0.15, -0.1) is 0 Å². The topological polar surface area (TPSA) is 46.7 Å². The highest BCUT2D eigenvalue weighted by Gasteiger charge is 2.26. The summed E-state index contributed by atoms with van der Waals surface area (Å²) >= 11 is 0. The average molecular weight is 373 g/mol. The lowest BCUT2D eigenvalue weighted by Gasteiger charge is -2.27. The van der Waals surface area contributed by atoms with Crippen LogP contribution in [0.3, 0.4) is 0 Å². The second-order valence-electron chi connectivity index (χ2n) is 7.08. The number of aromatic nitrogens is 1.